The third kappa shape index (κ3) is 3.21. The van der Waals surface area contributed by atoms with Crippen LogP contribution in [0.4, 0.5) is 10.1 Å². The summed E-state index contributed by atoms with van der Waals surface area (Å²) in [6, 6.07) is 4.27. The molecule has 1 atom stereocenters. The number of rotatable bonds is 4. The minimum Gasteiger partial charge on any atom is -0.494 e. The minimum atomic E-state index is -0.456. The van der Waals surface area contributed by atoms with E-state index in [0.29, 0.717) is 22.8 Å². The SMILES string of the molecule is COc1ccc(NC(C)c2c(C)nc(C)[nH]c2=O)cc1F. The van der Waals surface area contributed by atoms with Crippen LogP contribution in [0.15, 0.2) is 23.0 Å². The lowest BCUT2D eigenvalue weighted by Crippen LogP contribution is -2.23. The van der Waals surface area contributed by atoms with Gasteiger partial charge in [-0.2, -0.15) is 0 Å². The van der Waals surface area contributed by atoms with Crippen LogP contribution in [0.1, 0.15) is 30.0 Å². The van der Waals surface area contributed by atoms with Gasteiger partial charge in [0.2, 0.25) is 0 Å². The summed E-state index contributed by atoms with van der Waals surface area (Å²) >= 11 is 0. The molecule has 6 heteroatoms. The Morgan fingerprint density at radius 3 is 2.67 bits per heavy atom. The van der Waals surface area contributed by atoms with Crippen LogP contribution in [-0.2, 0) is 0 Å². The van der Waals surface area contributed by atoms with Gasteiger partial charge in [-0.3, -0.25) is 4.79 Å². The van der Waals surface area contributed by atoms with Crippen molar-refractivity contribution in [3.05, 3.63) is 51.5 Å². The molecule has 0 fully saturated rings. The van der Waals surface area contributed by atoms with E-state index in [4.69, 9.17) is 4.74 Å². The zero-order valence-electron chi connectivity index (χ0n) is 12.5. The van der Waals surface area contributed by atoms with Crippen molar-refractivity contribution in [3.63, 3.8) is 0 Å². The van der Waals surface area contributed by atoms with Crippen molar-refractivity contribution < 1.29 is 9.13 Å². The molecule has 1 unspecified atom stereocenters. The van der Waals surface area contributed by atoms with E-state index in [0.717, 1.165) is 0 Å². The van der Waals surface area contributed by atoms with E-state index in [1.54, 1.807) is 19.9 Å². The number of ether oxygens (including phenoxy) is 1. The number of nitrogens with one attached hydrogen (secondary N) is 2. The zero-order chi connectivity index (χ0) is 15.6. The number of H-pyrrole nitrogens is 1. The number of aromatic amines is 1. The highest BCUT2D eigenvalue weighted by molar-refractivity contribution is 5.49. The third-order valence-corrected chi connectivity index (χ3v) is 3.23. The second-order valence-corrected chi connectivity index (χ2v) is 4.87. The topological polar surface area (TPSA) is 67.0 Å². The van der Waals surface area contributed by atoms with E-state index in [9.17, 15) is 9.18 Å². The molecule has 2 rings (SSSR count). The first kappa shape index (κ1) is 15.0. The van der Waals surface area contributed by atoms with Crippen LogP contribution in [-0.4, -0.2) is 17.1 Å². The standard InChI is InChI=1S/C15H18FN3O2/c1-8-14(15(20)19-10(3)17-8)9(2)18-11-5-6-13(21-4)12(16)7-11/h5-7,9,18H,1-4H3,(H,17,19,20). The second-order valence-electron chi connectivity index (χ2n) is 4.87. The first-order valence-corrected chi connectivity index (χ1v) is 6.60. The predicted octanol–water partition coefficient (Wildman–Crippen LogP) is 2.71. The smallest absolute Gasteiger partial charge is 0.256 e. The van der Waals surface area contributed by atoms with Gasteiger partial charge >= 0.3 is 0 Å². The number of aromatic nitrogens is 2. The van der Waals surface area contributed by atoms with Crippen molar-refractivity contribution in [3.8, 4) is 5.75 Å². The first-order chi connectivity index (χ1) is 9.92. The predicted molar refractivity (Wildman–Crippen MR) is 79.3 cm³/mol. The number of benzene rings is 1. The Balaban J connectivity index is 2.28. The summed E-state index contributed by atoms with van der Waals surface area (Å²) in [5.74, 6) is 0.297. The molecular formula is C15H18FN3O2. The van der Waals surface area contributed by atoms with Crippen molar-refractivity contribution in [1.29, 1.82) is 0 Å². The number of methoxy groups -OCH3 is 1. The summed E-state index contributed by atoms with van der Waals surface area (Å²) in [5.41, 5.74) is 1.58. The molecule has 0 saturated heterocycles. The fraction of sp³-hybridized carbons (Fsp3) is 0.333. The lowest BCUT2D eigenvalue weighted by molar-refractivity contribution is 0.386. The number of aryl methyl sites for hydroxylation is 2. The zero-order valence-corrected chi connectivity index (χ0v) is 12.5. The maximum atomic E-state index is 13.7. The quantitative estimate of drug-likeness (QED) is 0.909. The molecule has 0 aliphatic carbocycles. The Morgan fingerprint density at radius 1 is 1.38 bits per heavy atom. The average molecular weight is 291 g/mol. The van der Waals surface area contributed by atoms with Crippen molar-refractivity contribution in [2.45, 2.75) is 26.8 Å². The van der Waals surface area contributed by atoms with Crippen LogP contribution in [0.25, 0.3) is 0 Å². The van der Waals surface area contributed by atoms with Crippen LogP contribution >= 0.6 is 0 Å². The lowest BCUT2D eigenvalue weighted by atomic mass is 10.1. The summed E-state index contributed by atoms with van der Waals surface area (Å²) < 4.78 is 18.5. The Kier molecular flexibility index (Phi) is 4.26. The molecule has 5 nitrogen and oxygen atoms in total. The Morgan fingerprint density at radius 2 is 2.10 bits per heavy atom. The summed E-state index contributed by atoms with van der Waals surface area (Å²) in [6.07, 6.45) is 0. The van der Waals surface area contributed by atoms with Gasteiger partial charge in [0.15, 0.2) is 11.6 Å². The molecular weight excluding hydrogens is 273 g/mol. The summed E-state index contributed by atoms with van der Waals surface area (Å²) in [6.45, 7) is 5.34. The first-order valence-electron chi connectivity index (χ1n) is 6.60. The second kappa shape index (κ2) is 5.95. The van der Waals surface area contributed by atoms with Gasteiger partial charge in [-0.25, -0.2) is 9.37 Å². The van der Waals surface area contributed by atoms with E-state index < -0.39 is 5.82 Å². The van der Waals surface area contributed by atoms with Crippen molar-refractivity contribution in [1.82, 2.24) is 9.97 Å². The normalized spacial score (nSPS) is 12.0. The molecule has 1 aromatic carbocycles. The molecule has 0 spiro atoms. The Hall–Kier alpha value is -2.37. The Labute approximate surface area is 122 Å². The van der Waals surface area contributed by atoms with E-state index in [1.807, 2.05) is 6.92 Å². The number of nitrogens with zero attached hydrogens (tertiary/aromatic N) is 1. The van der Waals surface area contributed by atoms with Crippen LogP contribution in [0.3, 0.4) is 0 Å². The van der Waals surface area contributed by atoms with Crippen molar-refractivity contribution in [2.24, 2.45) is 0 Å². The van der Waals surface area contributed by atoms with Crippen molar-refractivity contribution in [2.75, 3.05) is 12.4 Å². The molecule has 2 aromatic rings. The highest BCUT2D eigenvalue weighted by Gasteiger charge is 2.15. The maximum absolute atomic E-state index is 13.7. The van der Waals surface area contributed by atoms with Crippen LogP contribution in [0.2, 0.25) is 0 Å². The fourth-order valence-electron chi connectivity index (χ4n) is 2.32. The average Bonchev–Trinajstić information content (AvgIpc) is 2.37. The number of hydrogen-bond donors (Lipinski definition) is 2. The van der Waals surface area contributed by atoms with E-state index >= 15 is 0 Å². The molecule has 0 saturated carbocycles. The van der Waals surface area contributed by atoms with Gasteiger partial charge in [0, 0.05) is 11.8 Å². The molecule has 21 heavy (non-hydrogen) atoms. The highest BCUT2D eigenvalue weighted by Crippen LogP contribution is 2.24. The van der Waals surface area contributed by atoms with Crippen LogP contribution in [0.5, 0.6) is 5.75 Å². The van der Waals surface area contributed by atoms with Crippen LogP contribution < -0.4 is 15.6 Å². The largest absolute Gasteiger partial charge is 0.494 e. The van der Waals surface area contributed by atoms with E-state index in [1.165, 1.54) is 19.2 Å². The van der Waals surface area contributed by atoms with Crippen molar-refractivity contribution >= 4 is 5.69 Å². The molecule has 1 heterocycles. The molecule has 0 bridgehead atoms. The Bertz CT molecular complexity index is 713. The maximum Gasteiger partial charge on any atom is 0.256 e. The van der Waals surface area contributed by atoms with E-state index in [-0.39, 0.29) is 17.4 Å². The molecule has 0 amide bonds. The molecule has 0 aliphatic rings. The monoisotopic (exact) mass is 291 g/mol. The van der Waals surface area contributed by atoms with Gasteiger partial charge in [0.1, 0.15) is 5.82 Å². The van der Waals surface area contributed by atoms with Gasteiger partial charge in [0.25, 0.3) is 5.56 Å². The van der Waals surface area contributed by atoms with E-state index in [2.05, 4.69) is 15.3 Å². The number of hydrogen-bond acceptors (Lipinski definition) is 4. The number of halogens is 1. The third-order valence-electron chi connectivity index (χ3n) is 3.23. The van der Waals surface area contributed by atoms with Gasteiger partial charge in [-0.15, -0.1) is 0 Å². The molecule has 2 N–H and O–H groups in total. The van der Waals surface area contributed by atoms with Crippen LogP contribution in [0, 0.1) is 19.7 Å². The summed E-state index contributed by atoms with van der Waals surface area (Å²) in [4.78, 5) is 19.0. The van der Waals surface area contributed by atoms with Gasteiger partial charge < -0.3 is 15.0 Å². The molecule has 0 aliphatic heterocycles. The summed E-state index contributed by atoms with van der Waals surface area (Å²) in [5, 5.41) is 3.10. The summed E-state index contributed by atoms with van der Waals surface area (Å²) in [7, 11) is 1.41. The lowest BCUT2D eigenvalue weighted by Gasteiger charge is -2.17. The molecule has 112 valence electrons. The molecule has 1 aromatic heterocycles. The highest BCUT2D eigenvalue weighted by atomic mass is 19.1. The van der Waals surface area contributed by atoms with Gasteiger partial charge in [0.05, 0.1) is 24.4 Å². The fourth-order valence-corrected chi connectivity index (χ4v) is 2.32. The van der Waals surface area contributed by atoms with Gasteiger partial charge in [-0.05, 0) is 32.9 Å². The minimum absolute atomic E-state index is 0.180. The van der Waals surface area contributed by atoms with Gasteiger partial charge in [-0.1, -0.05) is 0 Å². The number of anilines is 1. The molecule has 0 radical (unpaired) electrons.